The van der Waals surface area contributed by atoms with Gasteiger partial charge in [-0.15, -0.1) is 0 Å². The Labute approximate surface area is 165 Å². The molecule has 28 heavy (non-hydrogen) atoms. The van der Waals surface area contributed by atoms with Crippen LogP contribution in [0.25, 0.3) is 0 Å². The van der Waals surface area contributed by atoms with E-state index in [9.17, 15) is 9.18 Å². The fraction of sp³-hybridized carbons (Fsp3) is 0.409. The summed E-state index contributed by atoms with van der Waals surface area (Å²) in [5.41, 5.74) is 2.86. The predicted molar refractivity (Wildman–Crippen MR) is 108 cm³/mol. The van der Waals surface area contributed by atoms with Gasteiger partial charge in [0.2, 0.25) is 0 Å². The number of halogens is 1. The first-order chi connectivity index (χ1) is 13.7. The first-order valence-corrected chi connectivity index (χ1v) is 9.94. The van der Waals surface area contributed by atoms with E-state index in [4.69, 9.17) is 4.74 Å². The van der Waals surface area contributed by atoms with E-state index in [1.807, 2.05) is 23.1 Å². The highest BCUT2D eigenvalue weighted by Gasteiger charge is 2.17. The second-order valence-corrected chi connectivity index (χ2v) is 7.40. The van der Waals surface area contributed by atoms with E-state index in [1.54, 1.807) is 12.1 Å². The van der Waals surface area contributed by atoms with Crippen LogP contribution >= 0.6 is 0 Å². The molecule has 0 unspecified atom stereocenters. The minimum absolute atomic E-state index is 0.178. The average molecular weight is 383 g/mol. The van der Waals surface area contributed by atoms with Crippen molar-refractivity contribution in [3.05, 3.63) is 59.4 Å². The average Bonchev–Trinajstić information content (AvgIpc) is 3.23. The Morgan fingerprint density at radius 2 is 1.82 bits per heavy atom. The molecule has 2 aliphatic heterocycles. The van der Waals surface area contributed by atoms with E-state index in [0.29, 0.717) is 43.2 Å². The second kappa shape index (κ2) is 8.71. The molecule has 0 atom stereocenters. The van der Waals surface area contributed by atoms with Crippen LogP contribution in [-0.2, 0) is 11.3 Å². The van der Waals surface area contributed by atoms with E-state index in [-0.39, 0.29) is 11.7 Å². The molecule has 1 amide bonds. The first-order valence-electron chi connectivity index (χ1n) is 9.94. The molecule has 0 aliphatic carbocycles. The molecule has 0 saturated carbocycles. The zero-order valence-electron chi connectivity index (χ0n) is 16.0. The largest absolute Gasteiger partial charge is 0.378 e. The van der Waals surface area contributed by atoms with Gasteiger partial charge in [-0.2, -0.15) is 0 Å². The summed E-state index contributed by atoms with van der Waals surface area (Å²) in [5.74, 6) is -0.463. The van der Waals surface area contributed by atoms with Crippen molar-refractivity contribution in [3.63, 3.8) is 0 Å². The zero-order valence-corrected chi connectivity index (χ0v) is 16.0. The molecule has 148 valence electrons. The Morgan fingerprint density at radius 1 is 1.04 bits per heavy atom. The number of hydrogen-bond acceptors (Lipinski definition) is 4. The minimum atomic E-state index is -0.285. The highest BCUT2D eigenvalue weighted by atomic mass is 19.1. The summed E-state index contributed by atoms with van der Waals surface area (Å²) < 4.78 is 19.6. The van der Waals surface area contributed by atoms with Gasteiger partial charge in [0.1, 0.15) is 5.82 Å². The second-order valence-electron chi connectivity index (χ2n) is 7.40. The van der Waals surface area contributed by atoms with Crippen LogP contribution in [0.5, 0.6) is 0 Å². The van der Waals surface area contributed by atoms with Gasteiger partial charge in [0.15, 0.2) is 0 Å². The van der Waals surface area contributed by atoms with E-state index in [0.717, 1.165) is 25.2 Å². The molecule has 0 aromatic heterocycles. The molecule has 0 radical (unpaired) electrons. The molecule has 1 N–H and O–H groups in total. The third kappa shape index (κ3) is 4.51. The number of nitrogens with one attached hydrogen (secondary N) is 1. The number of hydrogen-bond donors (Lipinski definition) is 1. The van der Waals surface area contributed by atoms with Gasteiger partial charge in [-0.1, -0.05) is 12.1 Å². The van der Waals surface area contributed by atoms with E-state index < -0.39 is 0 Å². The Bertz CT molecular complexity index is 830. The molecule has 4 rings (SSSR count). The molecule has 2 fully saturated rings. The van der Waals surface area contributed by atoms with Crippen molar-refractivity contribution in [3.8, 4) is 0 Å². The van der Waals surface area contributed by atoms with Crippen LogP contribution in [0, 0.1) is 5.82 Å². The lowest BCUT2D eigenvalue weighted by Crippen LogP contribution is -2.36. The number of benzene rings is 2. The van der Waals surface area contributed by atoms with Crippen LogP contribution in [-0.4, -0.2) is 50.2 Å². The predicted octanol–water partition coefficient (Wildman–Crippen LogP) is 3.51. The molecule has 2 aromatic carbocycles. The van der Waals surface area contributed by atoms with E-state index >= 15 is 0 Å². The molecular weight excluding hydrogens is 357 g/mol. The Morgan fingerprint density at radius 3 is 2.61 bits per heavy atom. The van der Waals surface area contributed by atoms with Gasteiger partial charge in [0.25, 0.3) is 5.91 Å². The Balaban J connectivity index is 1.46. The maximum Gasteiger partial charge on any atom is 0.255 e. The number of nitrogens with zero attached hydrogens (tertiary/aromatic N) is 2. The summed E-state index contributed by atoms with van der Waals surface area (Å²) in [6.45, 7) is 5.57. The summed E-state index contributed by atoms with van der Waals surface area (Å²) in [7, 11) is 0. The quantitative estimate of drug-likeness (QED) is 0.858. The summed E-state index contributed by atoms with van der Waals surface area (Å²) in [6.07, 6.45) is 2.49. The van der Waals surface area contributed by atoms with Crippen molar-refractivity contribution < 1.29 is 13.9 Å². The first kappa shape index (κ1) is 18.9. The van der Waals surface area contributed by atoms with Gasteiger partial charge in [0, 0.05) is 30.9 Å². The highest BCUT2D eigenvalue weighted by Crippen LogP contribution is 2.25. The molecule has 2 aliphatic rings. The van der Waals surface area contributed by atoms with Crippen molar-refractivity contribution in [2.24, 2.45) is 0 Å². The smallest absolute Gasteiger partial charge is 0.255 e. The van der Waals surface area contributed by atoms with E-state index in [2.05, 4.69) is 16.3 Å². The number of carbonyl (C=O) groups is 1. The third-order valence-corrected chi connectivity index (χ3v) is 5.35. The molecule has 0 spiro atoms. The zero-order chi connectivity index (χ0) is 19.3. The maximum absolute atomic E-state index is 14.3. The highest BCUT2D eigenvalue weighted by molar-refractivity contribution is 6.04. The SMILES string of the molecule is O=C(Nc1ccc(F)c(N2CCOCC2)c1)c1cccc(CN2CCCC2)c1. The van der Waals surface area contributed by atoms with Gasteiger partial charge >= 0.3 is 0 Å². The Kier molecular flexibility index (Phi) is 5.88. The topological polar surface area (TPSA) is 44.8 Å². The van der Waals surface area contributed by atoms with Crippen molar-refractivity contribution in [1.29, 1.82) is 0 Å². The molecule has 2 heterocycles. The van der Waals surface area contributed by atoms with Crippen LogP contribution in [0.2, 0.25) is 0 Å². The number of rotatable bonds is 5. The van der Waals surface area contributed by atoms with Crippen molar-refractivity contribution in [1.82, 2.24) is 4.90 Å². The Hall–Kier alpha value is -2.44. The van der Waals surface area contributed by atoms with Gasteiger partial charge in [0.05, 0.1) is 18.9 Å². The maximum atomic E-state index is 14.3. The van der Waals surface area contributed by atoms with Gasteiger partial charge in [-0.3, -0.25) is 9.69 Å². The standard InChI is InChI=1S/C22H26FN3O2/c23-20-7-6-19(15-21(20)26-10-12-28-13-11-26)24-22(27)18-5-3-4-17(14-18)16-25-8-1-2-9-25/h3-7,14-15H,1-2,8-13,16H2,(H,24,27). The van der Waals surface area contributed by atoms with Crippen molar-refractivity contribution >= 4 is 17.3 Å². The fourth-order valence-corrected chi connectivity index (χ4v) is 3.85. The molecule has 6 heteroatoms. The summed E-state index contributed by atoms with van der Waals surface area (Å²) >= 11 is 0. The fourth-order valence-electron chi connectivity index (χ4n) is 3.85. The molecule has 2 saturated heterocycles. The van der Waals surface area contributed by atoms with Crippen LogP contribution in [0.1, 0.15) is 28.8 Å². The van der Waals surface area contributed by atoms with Gasteiger partial charge in [-0.05, 0) is 61.8 Å². The lowest BCUT2D eigenvalue weighted by atomic mass is 10.1. The third-order valence-electron chi connectivity index (χ3n) is 5.35. The van der Waals surface area contributed by atoms with Crippen molar-refractivity contribution in [2.75, 3.05) is 49.6 Å². The van der Waals surface area contributed by atoms with Crippen LogP contribution in [0.15, 0.2) is 42.5 Å². The van der Waals surface area contributed by atoms with Gasteiger partial charge in [-0.25, -0.2) is 4.39 Å². The number of ether oxygens (including phenoxy) is 1. The monoisotopic (exact) mass is 383 g/mol. The van der Waals surface area contributed by atoms with Crippen molar-refractivity contribution in [2.45, 2.75) is 19.4 Å². The summed E-state index contributed by atoms with van der Waals surface area (Å²) in [5, 5.41) is 2.91. The number of amides is 1. The number of anilines is 2. The normalized spacial score (nSPS) is 17.7. The molecule has 0 bridgehead atoms. The number of morpholine rings is 1. The summed E-state index contributed by atoms with van der Waals surface area (Å²) in [4.78, 5) is 17.1. The number of carbonyl (C=O) groups excluding carboxylic acids is 1. The van der Waals surface area contributed by atoms with Gasteiger partial charge < -0.3 is 15.0 Å². The number of likely N-dealkylation sites (tertiary alicyclic amines) is 1. The minimum Gasteiger partial charge on any atom is -0.378 e. The lowest BCUT2D eigenvalue weighted by Gasteiger charge is -2.29. The van der Waals surface area contributed by atoms with Crippen LogP contribution in [0.4, 0.5) is 15.8 Å². The molecule has 5 nitrogen and oxygen atoms in total. The van der Waals surface area contributed by atoms with Crippen LogP contribution < -0.4 is 10.2 Å². The summed E-state index contributed by atoms with van der Waals surface area (Å²) in [6, 6.07) is 12.4. The molecule has 2 aromatic rings. The molecular formula is C22H26FN3O2. The lowest BCUT2D eigenvalue weighted by molar-refractivity contribution is 0.102. The van der Waals surface area contributed by atoms with Crippen LogP contribution in [0.3, 0.4) is 0 Å². The van der Waals surface area contributed by atoms with E-state index in [1.165, 1.54) is 18.9 Å².